The smallest absolute Gasteiger partial charge is 0.437 e. The van der Waals surface area contributed by atoms with Crippen LogP contribution in [0.25, 0.3) is 0 Å². The van der Waals surface area contributed by atoms with Crippen molar-refractivity contribution in [1.29, 1.82) is 0 Å². The molecule has 0 aromatic heterocycles. The summed E-state index contributed by atoms with van der Waals surface area (Å²) in [6, 6.07) is 6.72. The molecule has 0 N–H and O–H groups in total. The van der Waals surface area contributed by atoms with E-state index in [1.807, 2.05) is 0 Å². The van der Waals surface area contributed by atoms with Crippen molar-refractivity contribution in [3.63, 3.8) is 0 Å². The Morgan fingerprint density at radius 3 is 0.348 bits per heavy atom. The standard InChI is InChI=1S/C52H148O16Si21/c1-69(2,3)53-85(41,54-70(4,5)6)49-45-77(25,26)61-81(33,34)65-89(66-82(35,36)62-78(27,28)46-50-86(42,55-71(7,8)9)56-72(10,11)12,67-83(37,38)63-79(29,30)47-51-87(43,57-73(13,14)15)58-74(16,17)18)68-84(39,40)64-80(31,32)48-52-88(44,59-75(19,20)21)60-76(22,23)24/h45-52H2,1-44H3. The van der Waals surface area contributed by atoms with Crippen molar-refractivity contribution in [2.45, 2.75) is 336 Å². The lowest BCUT2D eigenvalue weighted by Crippen LogP contribution is -2.70. The minimum atomic E-state index is -4.51. The fourth-order valence-corrected chi connectivity index (χ4v) is 114. The van der Waals surface area contributed by atoms with Crippen molar-refractivity contribution in [3.05, 3.63) is 0 Å². The Labute approximate surface area is 574 Å². The predicted molar refractivity (Wildman–Crippen MR) is 435 cm³/mol. The third-order valence-corrected chi connectivity index (χ3v) is 86.9. The third kappa shape index (κ3) is 45.4. The molecule has 0 aliphatic heterocycles. The van der Waals surface area contributed by atoms with E-state index in [1.54, 1.807) is 0 Å². The highest BCUT2D eigenvalue weighted by Gasteiger charge is 2.63. The van der Waals surface area contributed by atoms with E-state index in [4.69, 9.17) is 65.8 Å². The molecule has 0 saturated carbocycles. The summed E-state index contributed by atoms with van der Waals surface area (Å²) in [6.45, 7) is 99.3. The molecule has 0 aliphatic carbocycles. The summed E-state index contributed by atoms with van der Waals surface area (Å²) < 4.78 is 119. The highest BCUT2D eigenvalue weighted by Crippen LogP contribution is 2.40. The zero-order chi connectivity index (χ0) is 71.5. The van der Waals surface area contributed by atoms with Gasteiger partial charge in [-0.2, -0.15) is 0 Å². The number of rotatable bonds is 44. The molecule has 0 aromatic rings. The summed E-state index contributed by atoms with van der Waals surface area (Å²) in [6.07, 6.45) is 0. The topological polar surface area (TPSA) is 148 Å². The summed E-state index contributed by atoms with van der Waals surface area (Å²) in [4.78, 5) is 0. The molecule has 0 heterocycles. The molecule has 0 bridgehead atoms. The predicted octanol–water partition coefficient (Wildman–Crippen LogP) is 20.3. The van der Waals surface area contributed by atoms with E-state index in [9.17, 15) is 0 Å². The largest absolute Gasteiger partial charge is 0.643 e. The monoisotopic (exact) mass is 1620 g/mol. The molecule has 0 unspecified atom stereocenters. The van der Waals surface area contributed by atoms with E-state index in [1.165, 1.54) is 0 Å². The second-order valence-electron chi connectivity index (χ2n) is 38.2. The summed E-state index contributed by atoms with van der Waals surface area (Å²) in [5, 5.41) is 0. The van der Waals surface area contributed by atoms with Gasteiger partial charge in [-0.25, -0.2) is 0 Å². The van der Waals surface area contributed by atoms with Crippen LogP contribution < -0.4 is 0 Å². The molecule has 0 radical (unpaired) electrons. The number of hydrogen-bond acceptors (Lipinski definition) is 16. The van der Waals surface area contributed by atoms with Gasteiger partial charge in [-0.3, -0.25) is 0 Å². The van der Waals surface area contributed by atoms with Gasteiger partial charge in [0, 0.05) is 0 Å². The van der Waals surface area contributed by atoms with Crippen LogP contribution in [0.4, 0.5) is 0 Å². The average molecular weight is 1620 g/mol. The highest BCUT2D eigenvalue weighted by molar-refractivity contribution is 6.97. The summed E-state index contributed by atoms with van der Waals surface area (Å²) >= 11 is 0. The molecule has 0 aliphatic rings. The van der Waals surface area contributed by atoms with Gasteiger partial charge in [0.25, 0.3) is 0 Å². The maximum absolute atomic E-state index is 7.90. The Hall–Kier alpha value is 3.91. The molecule has 0 aromatic carbocycles. The van der Waals surface area contributed by atoms with E-state index in [0.29, 0.717) is 0 Å². The van der Waals surface area contributed by atoms with Gasteiger partial charge in [-0.1, -0.05) is 0 Å². The van der Waals surface area contributed by atoms with E-state index in [2.05, 4.69) is 288 Å². The van der Waals surface area contributed by atoms with Gasteiger partial charge in [-0.05, 0) is 336 Å². The van der Waals surface area contributed by atoms with Crippen molar-refractivity contribution in [3.8, 4) is 0 Å². The molecule has 0 spiro atoms. The molecular formula is C52H148O16Si21. The van der Waals surface area contributed by atoms with Crippen molar-refractivity contribution in [2.75, 3.05) is 0 Å². The lowest BCUT2D eigenvalue weighted by atomic mass is 10.9. The van der Waals surface area contributed by atoms with E-state index in [0.717, 1.165) is 48.4 Å². The first-order valence-electron chi connectivity index (χ1n) is 33.4. The van der Waals surface area contributed by atoms with Gasteiger partial charge in [-0.15, -0.1) is 0 Å². The minimum Gasteiger partial charge on any atom is -0.437 e. The molecule has 0 amide bonds. The normalized spacial score (nSPS) is 16.0. The SMILES string of the molecule is C[Si](C)(C)O[Si](C)(CC[Si](C)(C)O[Si](C)(C)O[Si](O[Si](C)(C)O[Si](C)(C)CC[Si](C)(O[Si](C)(C)C)O[Si](C)(C)C)(O[Si](C)(C)O[Si](C)(C)CC[Si](C)(O[Si](C)(C)C)O[Si](C)(C)C)O[Si](C)(C)O[Si](C)(C)CC[Si](C)(O[Si](C)(C)C)O[Si](C)(C)C)O[Si](C)(C)C. The zero-order valence-corrected chi connectivity index (χ0v) is 87.7. The van der Waals surface area contributed by atoms with Gasteiger partial charge in [0.05, 0.1) is 0 Å². The van der Waals surface area contributed by atoms with Gasteiger partial charge in [0.15, 0.2) is 99.8 Å². The molecular weight excluding hydrogens is 1470 g/mol. The Morgan fingerprint density at radius 1 is 0.135 bits per heavy atom. The van der Waals surface area contributed by atoms with Crippen LogP contribution in [0, 0.1) is 0 Å². The van der Waals surface area contributed by atoms with Crippen molar-refractivity contribution in [1.82, 2.24) is 0 Å². The van der Waals surface area contributed by atoms with Crippen LogP contribution in [0.15, 0.2) is 0 Å². The molecule has 37 heteroatoms. The van der Waals surface area contributed by atoms with Crippen LogP contribution in [0.5, 0.6) is 0 Å². The van der Waals surface area contributed by atoms with Crippen molar-refractivity contribution >= 4 is 177 Å². The van der Waals surface area contributed by atoms with E-state index < -0.39 is 177 Å². The molecule has 16 nitrogen and oxygen atoms in total. The second-order valence-corrected chi connectivity index (χ2v) is 124. The maximum Gasteiger partial charge on any atom is 0.643 e. The second kappa shape index (κ2) is 32.1. The van der Waals surface area contributed by atoms with Gasteiger partial charge < -0.3 is 65.8 Å². The van der Waals surface area contributed by atoms with Crippen LogP contribution in [0.1, 0.15) is 0 Å². The molecule has 0 atom stereocenters. The highest BCUT2D eigenvalue weighted by atomic mass is 28.6. The first-order valence-corrected chi connectivity index (χ1v) is 96.1. The summed E-state index contributed by atoms with van der Waals surface area (Å²) in [5.41, 5.74) is 0. The maximum atomic E-state index is 7.90. The van der Waals surface area contributed by atoms with Crippen molar-refractivity contribution < 1.29 is 65.8 Å². The Morgan fingerprint density at radius 2 is 0.247 bits per heavy atom. The van der Waals surface area contributed by atoms with Crippen LogP contribution in [-0.4, -0.2) is 177 Å². The first-order chi connectivity index (χ1) is 38.1. The molecule has 0 saturated heterocycles. The summed E-state index contributed by atoms with van der Waals surface area (Å²) in [7, 11) is -54.1. The van der Waals surface area contributed by atoms with Crippen LogP contribution in [-0.2, 0) is 65.8 Å². The lowest BCUT2D eigenvalue weighted by Gasteiger charge is -2.48. The van der Waals surface area contributed by atoms with E-state index in [-0.39, 0.29) is 0 Å². The van der Waals surface area contributed by atoms with Crippen LogP contribution in [0.3, 0.4) is 0 Å². The average Bonchev–Trinajstić information content (AvgIpc) is 3.09. The van der Waals surface area contributed by atoms with E-state index >= 15 is 0 Å². The Kier molecular flexibility index (Phi) is 33.5. The quantitative estimate of drug-likeness (QED) is 0.0532. The van der Waals surface area contributed by atoms with Gasteiger partial charge in [0.2, 0.25) is 0 Å². The van der Waals surface area contributed by atoms with Gasteiger partial charge in [0.1, 0.15) is 0 Å². The fourth-order valence-electron chi connectivity index (χ4n) is 12.1. The zero-order valence-electron chi connectivity index (χ0n) is 66.7. The van der Waals surface area contributed by atoms with Crippen LogP contribution >= 0.6 is 0 Å². The molecule has 0 rings (SSSR count). The molecule has 0 fully saturated rings. The molecule has 536 valence electrons. The fraction of sp³-hybridized carbons (Fsp3) is 1.00. The van der Waals surface area contributed by atoms with Gasteiger partial charge >= 0.3 is 77.5 Å². The lowest BCUT2D eigenvalue weighted by molar-refractivity contribution is 0.102. The summed E-state index contributed by atoms with van der Waals surface area (Å²) in [5.74, 6) is 0. The Bertz CT molecular complexity index is 1810. The van der Waals surface area contributed by atoms with Crippen molar-refractivity contribution in [2.24, 2.45) is 0 Å². The Balaban J connectivity index is 8.61. The minimum absolute atomic E-state index is 0.835. The molecule has 89 heavy (non-hydrogen) atoms. The van der Waals surface area contributed by atoms with Crippen LogP contribution in [0.2, 0.25) is 336 Å². The first kappa shape index (κ1) is 92.9. The third-order valence-electron chi connectivity index (χ3n) is 12.5. The number of hydrogen-bond donors (Lipinski definition) is 0.